The highest BCUT2D eigenvalue weighted by molar-refractivity contribution is 5.94. The molecular formula is C21H26N2O2. The average molecular weight is 338 g/mol. The number of hydrogen-bond acceptors (Lipinski definition) is 3. The Labute approximate surface area is 149 Å². The molecule has 132 valence electrons. The van der Waals surface area contributed by atoms with Crippen molar-refractivity contribution in [2.45, 2.75) is 25.8 Å². The van der Waals surface area contributed by atoms with E-state index < -0.39 is 0 Å². The molecule has 0 aromatic heterocycles. The first kappa shape index (κ1) is 17.5. The summed E-state index contributed by atoms with van der Waals surface area (Å²) in [5, 5.41) is 0. The summed E-state index contributed by atoms with van der Waals surface area (Å²) in [4.78, 5) is 14.6. The summed E-state index contributed by atoms with van der Waals surface area (Å²) in [7, 11) is 1.69. The molecule has 0 saturated carbocycles. The number of ether oxygens (including phenoxy) is 1. The molecule has 1 aliphatic rings. The minimum absolute atomic E-state index is 0.131. The quantitative estimate of drug-likeness (QED) is 0.910. The summed E-state index contributed by atoms with van der Waals surface area (Å²) in [6.07, 6.45) is 3.18. The number of carbonyl (C=O) groups is 1. The monoisotopic (exact) mass is 338 g/mol. The van der Waals surface area contributed by atoms with Crippen molar-refractivity contribution in [3.05, 3.63) is 65.2 Å². The first-order valence-corrected chi connectivity index (χ1v) is 8.91. The van der Waals surface area contributed by atoms with Crippen LogP contribution in [-0.2, 0) is 13.0 Å². The molecule has 0 spiro atoms. The summed E-state index contributed by atoms with van der Waals surface area (Å²) in [6, 6.07) is 15.9. The summed E-state index contributed by atoms with van der Waals surface area (Å²) in [5.41, 5.74) is 8.75. The third-order valence-corrected chi connectivity index (χ3v) is 5.02. The lowest BCUT2D eigenvalue weighted by molar-refractivity contribution is 0.0690. The van der Waals surface area contributed by atoms with Crippen LogP contribution < -0.4 is 10.5 Å². The molecule has 0 radical (unpaired) electrons. The first-order chi connectivity index (χ1) is 12.2. The number of methoxy groups -OCH3 is 1. The summed E-state index contributed by atoms with van der Waals surface area (Å²) in [6.45, 7) is 2.17. The van der Waals surface area contributed by atoms with Gasteiger partial charge in [0.15, 0.2) is 0 Å². The largest absolute Gasteiger partial charge is 0.497 e. The number of nitrogens with zero attached hydrogens (tertiary/aromatic N) is 1. The molecule has 4 nitrogen and oxygen atoms in total. The van der Waals surface area contributed by atoms with Gasteiger partial charge < -0.3 is 15.4 Å². The number of nitrogens with two attached hydrogens (primary N) is 1. The van der Waals surface area contributed by atoms with Gasteiger partial charge in [-0.2, -0.15) is 0 Å². The van der Waals surface area contributed by atoms with Crippen LogP contribution in [0.15, 0.2) is 48.5 Å². The van der Waals surface area contributed by atoms with E-state index in [1.54, 1.807) is 7.11 Å². The highest BCUT2D eigenvalue weighted by Gasteiger charge is 2.23. The molecule has 3 rings (SSSR count). The highest BCUT2D eigenvalue weighted by Crippen LogP contribution is 2.24. The predicted octanol–water partition coefficient (Wildman–Crippen LogP) is 3.25. The number of rotatable bonds is 5. The molecule has 1 saturated heterocycles. The van der Waals surface area contributed by atoms with E-state index in [9.17, 15) is 4.79 Å². The maximum atomic E-state index is 12.6. The van der Waals surface area contributed by atoms with Gasteiger partial charge in [-0.05, 0) is 60.6 Å². The molecular weight excluding hydrogens is 312 g/mol. The van der Waals surface area contributed by atoms with Crippen molar-refractivity contribution in [3.63, 3.8) is 0 Å². The van der Waals surface area contributed by atoms with Gasteiger partial charge in [0, 0.05) is 25.2 Å². The molecule has 2 N–H and O–H groups in total. The van der Waals surface area contributed by atoms with E-state index in [1.807, 2.05) is 41.3 Å². The summed E-state index contributed by atoms with van der Waals surface area (Å²) in [5.74, 6) is 1.66. The van der Waals surface area contributed by atoms with Gasteiger partial charge in [0.25, 0.3) is 5.91 Å². The zero-order valence-corrected chi connectivity index (χ0v) is 14.8. The van der Waals surface area contributed by atoms with Crippen LogP contribution in [0, 0.1) is 5.92 Å². The fraction of sp³-hybridized carbons (Fsp3) is 0.381. The van der Waals surface area contributed by atoms with E-state index in [0.29, 0.717) is 12.5 Å². The van der Waals surface area contributed by atoms with Crippen molar-refractivity contribution in [1.29, 1.82) is 0 Å². The van der Waals surface area contributed by atoms with Crippen LogP contribution in [0.2, 0.25) is 0 Å². The van der Waals surface area contributed by atoms with Crippen LogP contribution >= 0.6 is 0 Å². The molecule has 4 heteroatoms. The number of benzene rings is 2. The normalized spacial score (nSPS) is 15.2. The third-order valence-electron chi connectivity index (χ3n) is 5.02. The molecule has 1 aliphatic heterocycles. The van der Waals surface area contributed by atoms with Crippen molar-refractivity contribution < 1.29 is 9.53 Å². The van der Waals surface area contributed by atoms with Gasteiger partial charge in [-0.1, -0.05) is 24.3 Å². The fourth-order valence-corrected chi connectivity index (χ4v) is 3.40. The Morgan fingerprint density at radius 3 is 2.20 bits per heavy atom. The molecule has 0 atom stereocenters. The SMILES string of the molecule is COc1ccc(CC2CCN(C(=O)c3ccc(CN)cc3)CC2)cc1. The van der Waals surface area contributed by atoms with Crippen LogP contribution in [-0.4, -0.2) is 31.0 Å². The number of hydrogen-bond donors (Lipinski definition) is 1. The van der Waals surface area contributed by atoms with Gasteiger partial charge in [-0.15, -0.1) is 0 Å². The Bertz CT molecular complexity index is 687. The minimum atomic E-state index is 0.131. The smallest absolute Gasteiger partial charge is 0.253 e. The van der Waals surface area contributed by atoms with Crippen molar-refractivity contribution in [3.8, 4) is 5.75 Å². The van der Waals surface area contributed by atoms with Crippen LogP contribution in [0.5, 0.6) is 5.75 Å². The number of amides is 1. The minimum Gasteiger partial charge on any atom is -0.497 e. The molecule has 2 aromatic carbocycles. The Morgan fingerprint density at radius 1 is 1.04 bits per heavy atom. The van der Waals surface area contributed by atoms with E-state index in [-0.39, 0.29) is 5.91 Å². The highest BCUT2D eigenvalue weighted by atomic mass is 16.5. The third kappa shape index (κ3) is 4.40. The van der Waals surface area contributed by atoms with Crippen LogP contribution in [0.1, 0.15) is 34.3 Å². The Balaban J connectivity index is 1.52. The first-order valence-electron chi connectivity index (χ1n) is 8.91. The van der Waals surface area contributed by atoms with Crippen LogP contribution in [0.25, 0.3) is 0 Å². The maximum Gasteiger partial charge on any atom is 0.253 e. The standard InChI is InChI=1S/C21H26N2O2/c1-25-20-8-4-16(5-9-20)14-17-10-12-23(13-11-17)21(24)19-6-2-18(15-22)3-7-19/h2-9,17H,10-15,22H2,1H3. The second-order valence-electron chi connectivity index (χ2n) is 6.69. The lowest BCUT2D eigenvalue weighted by Gasteiger charge is -2.32. The molecule has 2 aromatic rings. The number of carbonyl (C=O) groups excluding carboxylic acids is 1. The van der Waals surface area contributed by atoms with Crippen molar-refractivity contribution in [2.24, 2.45) is 11.7 Å². The number of piperidine rings is 1. The zero-order chi connectivity index (χ0) is 17.6. The molecule has 1 fully saturated rings. The van der Waals surface area contributed by atoms with Gasteiger partial charge in [0.1, 0.15) is 5.75 Å². The van der Waals surface area contributed by atoms with Crippen LogP contribution in [0.4, 0.5) is 0 Å². The molecule has 1 heterocycles. The predicted molar refractivity (Wildman–Crippen MR) is 99.7 cm³/mol. The summed E-state index contributed by atoms with van der Waals surface area (Å²) >= 11 is 0. The Kier molecular flexibility index (Phi) is 5.71. The van der Waals surface area contributed by atoms with E-state index in [1.165, 1.54) is 5.56 Å². The van der Waals surface area contributed by atoms with E-state index in [2.05, 4.69) is 12.1 Å². The molecule has 1 amide bonds. The molecule has 0 unspecified atom stereocenters. The Morgan fingerprint density at radius 2 is 1.64 bits per heavy atom. The van der Waals surface area contributed by atoms with Gasteiger partial charge >= 0.3 is 0 Å². The van der Waals surface area contributed by atoms with E-state index >= 15 is 0 Å². The second kappa shape index (κ2) is 8.17. The fourth-order valence-electron chi connectivity index (χ4n) is 3.40. The summed E-state index contributed by atoms with van der Waals surface area (Å²) < 4.78 is 5.21. The molecule has 0 aliphatic carbocycles. The maximum absolute atomic E-state index is 12.6. The van der Waals surface area contributed by atoms with Gasteiger partial charge in [0.05, 0.1) is 7.11 Å². The lowest BCUT2D eigenvalue weighted by atomic mass is 9.90. The van der Waals surface area contributed by atoms with Crippen molar-refractivity contribution >= 4 is 5.91 Å². The van der Waals surface area contributed by atoms with Gasteiger partial charge in [-0.3, -0.25) is 4.79 Å². The second-order valence-corrected chi connectivity index (χ2v) is 6.69. The molecule has 0 bridgehead atoms. The molecule has 25 heavy (non-hydrogen) atoms. The Hall–Kier alpha value is -2.33. The van der Waals surface area contributed by atoms with E-state index in [0.717, 1.165) is 49.2 Å². The zero-order valence-electron chi connectivity index (χ0n) is 14.8. The average Bonchev–Trinajstić information content (AvgIpc) is 2.69. The number of likely N-dealkylation sites (tertiary alicyclic amines) is 1. The van der Waals surface area contributed by atoms with Gasteiger partial charge in [-0.25, -0.2) is 0 Å². The van der Waals surface area contributed by atoms with E-state index in [4.69, 9.17) is 10.5 Å². The van der Waals surface area contributed by atoms with Crippen LogP contribution in [0.3, 0.4) is 0 Å². The topological polar surface area (TPSA) is 55.6 Å². The van der Waals surface area contributed by atoms with Crippen molar-refractivity contribution in [2.75, 3.05) is 20.2 Å². The van der Waals surface area contributed by atoms with Gasteiger partial charge in [0.2, 0.25) is 0 Å². The van der Waals surface area contributed by atoms with Crippen molar-refractivity contribution in [1.82, 2.24) is 4.90 Å². The lowest BCUT2D eigenvalue weighted by Crippen LogP contribution is -2.38.